The van der Waals surface area contributed by atoms with Gasteiger partial charge in [-0.3, -0.25) is 9.59 Å². The van der Waals surface area contributed by atoms with Gasteiger partial charge in [0.2, 0.25) is 5.91 Å². The first kappa shape index (κ1) is 19.9. The maximum Gasteiger partial charge on any atom is 0.262 e. The molecule has 1 heterocycles. The third-order valence-corrected chi connectivity index (χ3v) is 5.23. The number of thiophene rings is 1. The Kier molecular flexibility index (Phi) is 6.68. The number of hydrogen-bond acceptors (Lipinski definition) is 4. The van der Waals surface area contributed by atoms with E-state index >= 15 is 0 Å². The van der Waals surface area contributed by atoms with E-state index in [-0.39, 0.29) is 11.8 Å². The molecule has 1 aromatic heterocycles. The van der Waals surface area contributed by atoms with E-state index in [9.17, 15) is 9.59 Å². The van der Waals surface area contributed by atoms with Crippen LogP contribution in [0.25, 0.3) is 0 Å². The lowest BCUT2D eigenvalue weighted by molar-refractivity contribution is -0.118. The predicted octanol–water partition coefficient (Wildman–Crippen LogP) is 4.39. The molecule has 7 heteroatoms. The molecular weight excluding hydrogens is 396 g/mol. The first-order valence-electron chi connectivity index (χ1n) is 8.59. The Morgan fingerprint density at radius 1 is 1.11 bits per heavy atom. The van der Waals surface area contributed by atoms with Crippen LogP contribution in [0.1, 0.15) is 15.2 Å². The topological polar surface area (TPSA) is 67.4 Å². The van der Waals surface area contributed by atoms with Crippen LogP contribution in [0.15, 0.2) is 66.0 Å². The number of carbonyl (C=O) groups is 2. The summed E-state index contributed by atoms with van der Waals surface area (Å²) in [6.45, 7) is 0. The van der Waals surface area contributed by atoms with Crippen LogP contribution in [-0.2, 0) is 11.2 Å². The Morgan fingerprint density at radius 2 is 1.89 bits per heavy atom. The number of hydrogen-bond donors (Lipinski definition) is 2. The van der Waals surface area contributed by atoms with Crippen LogP contribution in [-0.4, -0.2) is 25.0 Å². The molecule has 144 valence electrons. The van der Waals surface area contributed by atoms with E-state index in [2.05, 4.69) is 10.6 Å². The average Bonchev–Trinajstić information content (AvgIpc) is 3.23. The summed E-state index contributed by atoms with van der Waals surface area (Å²) in [7, 11) is 1.52. The monoisotopic (exact) mass is 414 g/mol. The van der Waals surface area contributed by atoms with E-state index in [1.54, 1.807) is 30.3 Å². The number of halogens is 1. The van der Waals surface area contributed by atoms with E-state index in [4.69, 9.17) is 16.3 Å². The molecule has 3 rings (SSSR count). The highest BCUT2D eigenvalue weighted by molar-refractivity contribution is 7.12. The van der Waals surface area contributed by atoms with Gasteiger partial charge in [-0.05, 0) is 35.2 Å². The molecule has 0 radical (unpaired) electrons. The molecule has 2 N–H and O–H groups in total. The van der Waals surface area contributed by atoms with Crippen molar-refractivity contribution in [3.63, 3.8) is 0 Å². The summed E-state index contributed by atoms with van der Waals surface area (Å²) in [5.74, 6) is -0.0830. The minimum Gasteiger partial charge on any atom is -0.495 e. The molecule has 28 heavy (non-hydrogen) atoms. The van der Waals surface area contributed by atoms with Crippen LogP contribution in [0, 0.1) is 0 Å². The zero-order valence-corrected chi connectivity index (χ0v) is 16.7. The van der Waals surface area contributed by atoms with Gasteiger partial charge in [0.25, 0.3) is 5.91 Å². The van der Waals surface area contributed by atoms with Gasteiger partial charge in [-0.25, -0.2) is 0 Å². The third kappa shape index (κ3) is 5.12. The summed E-state index contributed by atoms with van der Waals surface area (Å²) in [5.41, 5.74) is 1.47. The van der Waals surface area contributed by atoms with Gasteiger partial charge in [0.15, 0.2) is 0 Å². The third-order valence-electron chi connectivity index (χ3n) is 4.07. The molecule has 0 saturated heterocycles. The second-order valence-electron chi connectivity index (χ2n) is 6.03. The van der Waals surface area contributed by atoms with E-state index in [0.717, 1.165) is 5.56 Å². The highest BCUT2D eigenvalue weighted by Gasteiger charge is 2.22. The molecule has 5 nitrogen and oxygen atoms in total. The number of rotatable bonds is 7. The Balaban J connectivity index is 1.77. The molecule has 1 atom stereocenters. The van der Waals surface area contributed by atoms with Crippen molar-refractivity contribution >= 4 is 40.4 Å². The number of methoxy groups -OCH3 is 1. The van der Waals surface area contributed by atoms with Crippen LogP contribution in [0.4, 0.5) is 5.69 Å². The van der Waals surface area contributed by atoms with Gasteiger partial charge < -0.3 is 15.4 Å². The Hall–Kier alpha value is -2.83. The number of nitrogens with one attached hydrogen (secondary N) is 2. The molecule has 0 bridgehead atoms. The maximum atomic E-state index is 12.9. The van der Waals surface area contributed by atoms with Gasteiger partial charge in [0.1, 0.15) is 11.8 Å². The van der Waals surface area contributed by atoms with Gasteiger partial charge in [0.05, 0.1) is 17.0 Å². The summed E-state index contributed by atoms with van der Waals surface area (Å²) < 4.78 is 5.12. The Bertz CT molecular complexity index is 946. The zero-order valence-electron chi connectivity index (χ0n) is 15.1. The Labute approximate surface area is 172 Å². The molecule has 0 aliphatic heterocycles. The van der Waals surface area contributed by atoms with Crippen molar-refractivity contribution in [3.05, 3.63) is 81.5 Å². The van der Waals surface area contributed by atoms with Crippen LogP contribution < -0.4 is 15.4 Å². The Morgan fingerprint density at radius 3 is 2.54 bits per heavy atom. The zero-order chi connectivity index (χ0) is 19.9. The average molecular weight is 415 g/mol. The summed E-state index contributed by atoms with van der Waals surface area (Å²) in [5, 5.41) is 7.85. The fraction of sp³-hybridized carbons (Fsp3) is 0.143. The van der Waals surface area contributed by atoms with Crippen LogP contribution >= 0.6 is 22.9 Å². The smallest absolute Gasteiger partial charge is 0.262 e. The normalized spacial score (nSPS) is 11.5. The van der Waals surface area contributed by atoms with Gasteiger partial charge >= 0.3 is 0 Å². The molecule has 1 unspecified atom stereocenters. The molecule has 0 aliphatic carbocycles. The quantitative estimate of drug-likeness (QED) is 0.602. The predicted molar refractivity (Wildman–Crippen MR) is 112 cm³/mol. The molecule has 0 aliphatic rings. The largest absolute Gasteiger partial charge is 0.495 e. The lowest BCUT2D eigenvalue weighted by atomic mass is 10.0. The lowest BCUT2D eigenvalue weighted by Crippen LogP contribution is -2.45. The van der Waals surface area contributed by atoms with Crippen molar-refractivity contribution < 1.29 is 14.3 Å². The second kappa shape index (κ2) is 9.39. The second-order valence-corrected chi connectivity index (χ2v) is 7.39. The molecule has 2 amide bonds. The lowest BCUT2D eigenvalue weighted by Gasteiger charge is -2.19. The molecular formula is C21H19ClN2O3S. The molecule has 0 fully saturated rings. The molecule has 2 aromatic carbocycles. The summed E-state index contributed by atoms with van der Waals surface area (Å²) >= 11 is 7.46. The van der Waals surface area contributed by atoms with Crippen molar-refractivity contribution in [2.45, 2.75) is 12.5 Å². The minimum absolute atomic E-state index is 0.279. The van der Waals surface area contributed by atoms with E-state index < -0.39 is 6.04 Å². The van der Waals surface area contributed by atoms with Gasteiger partial charge in [0, 0.05) is 12.1 Å². The van der Waals surface area contributed by atoms with Crippen molar-refractivity contribution in [2.75, 3.05) is 12.4 Å². The van der Waals surface area contributed by atoms with Crippen molar-refractivity contribution in [1.29, 1.82) is 0 Å². The minimum atomic E-state index is -0.738. The fourth-order valence-corrected chi connectivity index (χ4v) is 3.55. The summed E-state index contributed by atoms with van der Waals surface area (Å²) in [6, 6.07) is 17.3. The highest BCUT2D eigenvalue weighted by Crippen LogP contribution is 2.27. The van der Waals surface area contributed by atoms with Gasteiger partial charge in [-0.15, -0.1) is 11.3 Å². The first-order valence-corrected chi connectivity index (χ1v) is 9.85. The van der Waals surface area contributed by atoms with E-state index in [1.807, 2.05) is 35.7 Å². The SMILES string of the molecule is COc1ccc(NC(=O)C(Cc2ccccc2)NC(=O)c2cccs2)cc1Cl. The number of anilines is 1. The maximum absolute atomic E-state index is 12.9. The highest BCUT2D eigenvalue weighted by atomic mass is 35.5. The first-order chi connectivity index (χ1) is 13.6. The molecule has 0 spiro atoms. The number of ether oxygens (including phenoxy) is 1. The summed E-state index contributed by atoms with van der Waals surface area (Å²) in [6.07, 6.45) is 0.369. The van der Waals surface area contributed by atoms with Crippen LogP contribution in [0.3, 0.4) is 0 Å². The fourth-order valence-electron chi connectivity index (χ4n) is 2.67. The standard InChI is InChI=1S/C21H19ClN2O3S/c1-27-18-10-9-15(13-16(18)22)23-20(25)17(12-14-6-3-2-4-7-14)24-21(26)19-8-5-11-28-19/h2-11,13,17H,12H2,1H3,(H,23,25)(H,24,26). The van der Waals surface area contributed by atoms with E-state index in [1.165, 1.54) is 18.4 Å². The van der Waals surface area contributed by atoms with Crippen molar-refractivity contribution in [2.24, 2.45) is 0 Å². The molecule has 0 saturated carbocycles. The van der Waals surface area contributed by atoms with Gasteiger partial charge in [-0.1, -0.05) is 48.0 Å². The van der Waals surface area contributed by atoms with Crippen LogP contribution in [0.5, 0.6) is 5.75 Å². The number of carbonyl (C=O) groups excluding carboxylic acids is 2. The van der Waals surface area contributed by atoms with Crippen molar-refractivity contribution in [3.8, 4) is 5.75 Å². The molecule has 3 aromatic rings. The van der Waals surface area contributed by atoms with E-state index in [0.29, 0.717) is 27.8 Å². The van der Waals surface area contributed by atoms with Crippen molar-refractivity contribution in [1.82, 2.24) is 5.32 Å². The van der Waals surface area contributed by atoms with Gasteiger partial charge in [-0.2, -0.15) is 0 Å². The van der Waals surface area contributed by atoms with Crippen LogP contribution in [0.2, 0.25) is 5.02 Å². The summed E-state index contributed by atoms with van der Waals surface area (Å²) in [4.78, 5) is 25.9. The number of benzene rings is 2. The number of amides is 2.